The summed E-state index contributed by atoms with van der Waals surface area (Å²) in [5.41, 5.74) is 0. The number of rotatable bonds is 19. The second-order valence-electron chi connectivity index (χ2n) is 7.97. The molecular weight excluding hydrogens is 370 g/mol. The van der Waals surface area contributed by atoms with Gasteiger partial charge in [-0.3, -0.25) is 0 Å². The molecule has 0 spiro atoms. The molecule has 0 aromatic heterocycles. The van der Waals surface area contributed by atoms with Crippen LogP contribution in [0.4, 0.5) is 0 Å². The molecule has 0 rings (SSSR count). The van der Waals surface area contributed by atoms with Crippen LogP contribution in [-0.2, 0) is 0 Å². The number of likely N-dealkylation sites (N-methyl/N-ethyl adjacent to an activating group) is 1. The van der Waals surface area contributed by atoms with Gasteiger partial charge < -0.3 is 21.9 Å². The third kappa shape index (κ3) is 26.5. The summed E-state index contributed by atoms with van der Waals surface area (Å²) in [6.07, 6.45) is 29.3. The minimum absolute atomic E-state index is 0. The number of unbranched alkanes of at least 4 members (excludes halogenated alkanes) is 16. The minimum Gasteiger partial charge on any atom is -1.00 e. The molecule has 0 saturated heterocycles. The van der Waals surface area contributed by atoms with Crippen LogP contribution in [0.5, 0.6) is 0 Å². The first-order valence-corrected chi connectivity index (χ1v) is 11.2. The molecular formula is C23H48BrN. The van der Waals surface area contributed by atoms with Crippen LogP contribution in [0.3, 0.4) is 0 Å². The van der Waals surface area contributed by atoms with Gasteiger partial charge in [0.1, 0.15) is 0 Å². The lowest BCUT2D eigenvalue weighted by molar-refractivity contribution is -0.851. The molecule has 0 fully saturated rings. The van der Waals surface area contributed by atoms with E-state index in [0.29, 0.717) is 0 Å². The Morgan fingerprint density at radius 1 is 0.520 bits per heavy atom. The molecule has 2 heteroatoms. The van der Waals surface area contributed by atoms with Gasteiger partial charge in [-0.15, -0.1) is 0 Å². The van der Waals surface area contributed by atoms with Gasteiger partial charge in [0.25, 0.3) is 0 Å². The fraction of sp³-hybridized carbons (Fsp3) is 0.913. The highest BCUT2D eigenvalue weighted by Crippen LogP contribution is 2.13. The Labute approximate surface area is 170 Å². The molecule has 0 amide bonds. The van der Waals surface area contributed by atoms with Gasteiger partial charge in [-0.2, -0.15) is 0 Å². The first-order chi connectivity index (χ1) is 11.8. The van der Waals surface area contributed by atoms with E-state index in [2.05, 4.69) is 33.2 Å². The standard InChI is InChI=1S/C23H47N.BrH/c1-4-5-6-7-8-9-10-11-12-13-14-15-16-17-18-19-20-21-22-23-24(2)3;/h21-22H,4-20,23H2,1-3H3;1H. The number of halogens is 1. The molecule has 0 atom stereocenters. The fourth-order valence-electron chi connectivity index (χ4n) is 3.25. The van der Waals surface area contributed by atoms with Crippen LogP contribution < -0.4 is 21.9 Å². The van der Waals surface area contributed by atoms with E-state index in [1.54, 1.807) is 0 Å². The van der Waals surface area contributed by atoms with Gasteiger partial charge in [-0.05, 0) is 18.9 Å². The van der Waals surface area contributed by atoms with E-state index in [4.69, 9.17) is 0 Å². The molecule has 0 aliphatic heterocycles. The summed E-state index contributed by atoms with van der Waals surface area (Å²) in [5, 5.41) is 0. The van der Waals surface area contributed by atoms with Gasteiger partial charge >= 0.3 is 0 Å². The van der Waals surface area contributed by atoms with Gasteiger partial charge in [0.05, 0.1) is 20.6 Å². The van der Waals surface area contributed by atoms with Crippen molar-refractivity contribution in [1.82, 2.24) is 0 Å². The normalized spacial score (nSPS) is 11.4. The molecule has 0 aliphatic rings. The molecule has 0 aromatic carbocycles. The van der Waals surface area contributed by atoms with Crippen molar-refractivity contribution < 1.29 is 21.9 Å². The summed E-state index contributed by atoms with van der Waals surface area (Å²) >= 11 is 0. The summed E-state index contributed by atoms with van der Waals surface area (Å²) in [4.78, 5) is 1.51. The topological polar surface area (TPSA) is 4.44 Å². The van der Waals surface area contributed by atoms with E-state index in [1.807, 2.05) is 0 Å². The van der Waals surface area contributed by atoms with Crippen molar-refractivity contribution in [1.29, 1.82) is 0 Å². The molecule has 0 aromatic rings. The van der Waals surface area contributed by atoms with Crippen LogP contribution in [-0.4, -0.2) is 20.6 Å². The molecule has 0 heterocycles. The number of hydrogen-bond acceptors (Lipinski definition) is 0. The van der Waals surface area contributed by atoms with E-state index in [0.717, 1.165) is 0 Å². The maximum absolute atomic E-state index is 2.37. The van der Waals surface area contributed by atoms with Crippen molar-refractivity contribution in [2.45, 2.75) is 116 Å². The highest BCUT2D eigenvalue weighted by atomic mass is 79.9. The molecule has 25 heavy (non-hydrogen) atoms. The van der Waals surface area contributed by atoms with Gasteiger partial charge in [-0.1, -0.05) is 109 Å². The molecule has 0 unspecified atom stereocenters. The van der Waals surface area contributed by atoms with Gasteiger partial charge in [0, 0.05) is 0 Å². The Balaban J connectivity index is 0. The van der Waals surface area contributed by atoms with E-state index in [-0.39, 0.29) is 17.0 Å². The lowest BCUT2D eigenvalue weighted by Gasteiger charge is -2.03. The zero-order chi connectivity index (χ0) is 17.7. The maximum Gasteiger partial charge on any atom is 0.0953 e. The fourth-order valence-corrected chi connectivity index (χ4v) is 3.25. The van der Waals surface area contributed by atoms with E-state index in [1.165, 1.54) is 121 Å². The van der Waals surface area contributed by atoms with Crippen LogP contribution in [0.2, 0.25) is 0 Å². The molecule has 1 N–H and O–H groups in total. The van der Waals surface area contributed by atoms with Gasteiger partial charge in [0.15, 0.2) is 0 Å². The molecule has 152 valence electrons. The van der Waals surface area contributed by atoms with Crippen molar-refractivity contribution in [2.24, 2.45) is 0 Å². The Morgan fingerprint density at radius 3 is 1.24 bits per heavy atom. The summed E-state index contributed by atoms with van der Waals surface area (Å²) in [6.45, 7) is 3.46. The van der Waals surface area contributed by atoms with Crippen molar-refractivity contribution >= 4 is 0 Å². The zero-order valence-electron chi connectivity index (χ0n) is 17.8. The number of nitrogens with one attached hydrogen (secondary N) is 1. The van der Waals surface area contributed by atoms with E-state index < -0.39 is 0 Å². The highest BCUT2D eigenvalue weighted by Gasteiger charge is 1.94. The van der Waals surface area contributed by atoms with E-state index >= 15 is 0 Å². The van der Waals surface area contributed by atoms with Crippen molar-refractivity contribution in [3.63, 3.8) is 0 Å². The Kier molecular flexibility index (Phi) is 26.5. The Morgan fingerprint density at radius 2 is 0.880 bits per heavy atom. The molecule has 0 aliphatic carbocycles. The largest absolute Gasteiger partial charge is 1.00 e. The average molecular weight is 419 g/mol. The summed E-state index contributed by atoms with van der Waals surface area (Å²) in [5.74, 6) is 0. The predicted octanol–water partition coefficient (Wildman–Crippen LogP) is 3.34. The Bertz CT molecular complexity index is 250. The summed E-state index contributed by atoms with van der Waals surface area (Å²) in [6, 6.07) is 0. The van der Waals surface area contributed by atoms with Crippen LogP contribution in [0.15, 0.2) is 12.2 Å². The summed E-state index contributed by atoms with van der Waals surface area (Å²) in [7, 11) is 4.41. The second kappa shape index (κ2) is 24.2. The SMILES string of the molecule is CCCCCCCCCCCCCCCCCCC=CC[NH+](C)C.[Br-]. The lowest BCUT2D eigenvalue weighted by atomic mass is 10.0. The maximum atomic E-state index is 2.37. The minimum atomic E-state index is 0. The smallest absolute Gasteiger partial charge is 0.0953 e. The highest BCUT2D eigenvalue weighted by molar-refractivity contribution is 4.80. The second-order valence-corrected chi connectivity index (χ2v) is 7.97. The van der Waals surface area contributed by atoms with Crippen LogP contribution in [0.1, 0.15) is 116 Å². The van der Waals surface area contributed by atoms with Crippen LogP contribution >= 0.6 is 0 Å². The van der Waals surface area contributed by atoms with Crippen molar-refractivity contribution in [3.8, 4) is 0 Å². The number of quaternary nitrogens is 1. The predicted molar refractivity (Wildman–Crippen MR) is 111 cm³/mol. The van der Waals surface area contributed by atoms with Crippen molar-refractivity contribution in [3.05, 3.63) is 12.2 Å². The third-order valence-electron chi connectivity index (χ3n) is 4.92. The molecule has 0 radical (unpaired) electrons. The molecule has 0 saturated carbocycles. The lowest BCUT2D eigenvalue weighted by Crippen LogP contribution is -3.05. The van der Waals surface area contributed by atoms with Crippen LogP contribution in [0, 0.1) is 0 Å². The quantitative estimate of drug-likeness (QED) is 0.242. The van der Waals surface area contributed by atoms with E-state index in [9.17, 15) is 0 Å². The average Bonchev–Trinajstić information content (AvgIpc) is 2.56. The summed E-state index contributed by atoms with van der Waals surface area (Å²) < 4.78 is 0. The molecule has 1 nitrogen and oxygen atoms in total. The first kappa shape index (κ1) is 27.4. The van der Waals surface area contributed by atoms with Gasteiger partial charge in [0.2, 0.25) is 0 Å². The Hall–Kier alpha value is 0.180. The van der Waals surface area contributed by atoms with Gasteiger partial charge in [-0.25, -0.2) is 0 Å². The number of hydrogen-bond donors (Lipinski definition) is 1. The monoisotopic (exact) mass is 417 g/mol. The first-order valence-electron chi connectivity index (χ1n) is 11.2. The zero-order valence-corrected chi connectivity index (χ0v) is 19.3. The van der Waals surface area contributed by atoms with Crippen LogP contribution in [0.25, 0.3) is 0 Å². The van der Waals surface area contributed by atoms with Crippen molar-refractivity contribution in [2.75, 3.05) is 20.6 Å². The molecule has 0 bridgehead atoms. The third-order valence-corrected chi connectivity index (χ3v) is 4.92. The number of allylic oxidation sites excluding steroid dienone is 1.